The van der Waals surface area contributed by atoms with Crippen molar-refractivity contribution in [3.05, 3.63) is 42.5 Å². The molecule has 2 N–H and O–H groups in total. The van der Waals surface area contributed by atoms with Gasteiger partial charge in [0.25, 0.3) is 0 Å². The average molecular weight is 204 g/mol. The first-order valence-electron chi connectivity index (χ1n) is 5.36. The number of nitrogen functional groups attached to an aromatic ring is 1. The minimum absolute atomic E-state index is 0.854. The van der Waals surface area contributed by atoms with Crippen LogP contribution in [0.15, 0.2) is 36.9 Å². The normalized spacial score (nSPS) is 10.5. The third-order valence-electron chi connectivity index (χ3n) is 2.40. The zero-order chi connectivity index (χ0) is 11.1. The summed E-state index contributed by atoms with van der Waals surface area (Å²) >= 11 is 0. The van der Waals surface area contributed by atoms with E-state index in [-0.39, 0.29) is 0 Å². The lowest BCUT2D eigenvalue weighted by atomic mass is 10.1. The van der Waals surface area contributed by atoms with Gasteiger partial charge in [-0.15, -0.1) is 6.58 Å². The summed E-state index contributed by atoms with van der Waals surface area (Å²) in [6.45, 7) is 5.77. The van der Waals surface area contributed by atoms with Gasteiger partial charge >= 0.3 is 0 Å². The largest absolute Gasteiger partial charge is 0.399 e. The Morgan fingerprint density at radius 2 is 2.27 bits per heavy atom. The highest BCUT2D eigenvalue weighted by Crippen LogP contribution is 2.08. The number of nitrogens with two attached hydrogens (primary N) is 1. The smallest absolute Gasteiger partial charge is 0.0316 e. The maximum Gasteiger partial charge on any atom is 0.0316 e. The second kappa shape index (κ2) is 6.25. The summed E-state index contributed by atoms with van der Waals surface area (Å²) in [5, 5.41) is 0. The Morgan fingerprint density at radius 1 is 1.47 bits per heavy atom. The lowest BCUT2D eigenvalue weighted by Crippen LogP contribution is -2.19. The van der Waals surface area contributed by atoms with Crippen LogP contribution >= 0.6 is 0 Å². The molecule has 82 valence electrons. The van der Waals surface area contributed by atoms with E-state index < -0.39 is 0 Å². The molecule has 2 nitrogen and oxygen atoms in total. The highest BCUT2D eigenvalue weighted by Gasteiger charge is 1.97. The van der Waals surface area contributed by atoms with Crippen LogP contribution in [0.3, 0.4) is 0 Å². The van der Waals surface area contributed by atoms with E-state index in [1.165, 1.54) is 5.56 Å². The van der Waals surface area contributed by atoms with Crippen molar-refractivity contribution in [1.82, 2.24) is 4.90 Å². The van der Waals surface area contributed by atoms with Crippen LogP contribution in [-0.4, -0.2) is 25.0 Å². The molecule has 0 saturated heterocycles. The molecule has 1 aromatic rings. The van der Waals surface area contributed by atoms with Crippen molar-refractivity contribution in [1.29, 1.82) is 0 Å². The SMILES string of the molecule is C=CCN(C)CCCc1cccc(N)c1. The Balaban J connectivity index is 2.28. The van der Waals surface area contributed by atoms with Gasteiger partial charge < -0.3 is 10.6 Å². The summed E-state index contributed by atoms with van der Waals surface area (Å²) in [6, 6.07) is 8.11. The predicted octanol–water partition coefficient (Wildman–Crippen LogP) is 2.32. The highest BCUT2D eigenvalue weighted by atomic mass is 15.1. The number of nitrogens with zero attached hydrogens (tertiary/aromatic N) is 1. The molecule has 0 aliphatic rings. The van der Waals surface area contributed by atoms with Crippen molar-refractivity contribution in [2.75, 3.05) is 25.9 Å². The number of hydrogen-bond acceptors (Lipinski definition) is 2. The van der Waals surface area contributed by atoms with Gasteiger partial charge in [0.05, 0.1) is 0 Å². The van der Waals surface area contributed by atoms with Crippen molar-refractivity contribution in [3.63, 3.8) is 0 Å². The monoisotopic (exact) mass is 204 g/mol. The molecule has 2 heteroatoms. The quantitative estimate of drug-likeness (QED) is 0.569. The fourth-order valence-electron chi connectivity index (χ4n) is 1.61. The Bertz CT molecular complexity index is 307. The molecule has 0 radical (unpaired) electrons. The molecule has 1 aromatic carbocycles. The molecule has 0 amide bonds. The van der Waals surface area contributed by atoms with Gasteiger partial charge in [-0.2, -0.15) is 0 Å². The first kappa shape index (κ1) is 11.8. The third kappa shape index (κ3) is 4.66. The Hall–Kier alpha value is -1.28. The average Bonchev–Trinajstić information content (AvgIpc) is 2.18. The van der Waals surface area contributed by atoms with Crippen molar-refractivity contribution in [3.8, 4) is 0 Å². The summed E-state index contributed by atoms with van der Waals surface area (Å²) in [4.78, 5) is 2.26. The third-order valence-corrected chi connectivity index (χ3v) is 2.40. The molecule has 0 aliphatic carbocycles. The van der Waals surface area contributed by atoms with Gasteiger partial charge in [-0.1, -0.05) is 18.2 Å². The molecule has 0 aliphatic heterocycles. The molecular formula is C13H20N2. The summed E-state index contributed by atoms with van der Waals surface area (Å²) in [7, 11) is 2.11. The van der Waals surface area contributed by atoms with Crippen molar-refractivity contribution < 1.29 is 0 Å². The second-order valence-corrected chi connectivity index (χ2v) is 3.90. The molecule has 0 saturated carbocycles. The molecule has 0 fully saturated rings. The number of benzene rings is 1. The predicted molar refractivity (Wildman–Crippen MR) is 66.9 cm³/mol. The van der Waals surface area contributed by atoms with E-state index in [1.807, 2.05) is 24.3 Å². The van der Waals surface area contributed by atoms with Gasteiger partial charge in [-0.25, -0.2) is 0 Å². The van der Waals surface area contributed by atoms with Crippen LogP contribution in [0.2, 0.25) is 0 Å². The van der Waals surface area contributed by atoms with Crippen LogP contribution in [0, 0.1) is 0 Å². The van der Waals surface area contributed by atoms with Crippen LogP contribution in [0.4, 0.5) is 5.69 Å². The lowest BCUT2D eigenvalue weighted by molar-refractivity contribution is 0.364. The summed E-state index contributed by atoms with van der Waals surface area (Å²) in [5.41, 5.74) is 7.89. The molecule has 0 atom stereocenters. The molecule has 1 rings (SSSR count). The number of likely N-dealkylation sites (N-methyl/N-ethyl adjacent to an activating group) is 1. The highest BCUT2D eigenvalue weighted by molar-refractivity contribution is 5.40. The second-order valence-electron chi connectivity index (χ2n) is 3.90. The maximum absolute atomic E-state index is 5.71. The van der Waals surface area contributed by atoms with Crippen molar-refractivity contribution in [2.45, 2.75) is 12.8 Å². The van der Waals surface area contributed by atoms with Crippen LogP contribution in [-0.2, 0) is 6.42 Å². The van der Waals surface area contributed by atoms with Crippen molar-refractivity contribution in [2.24, 2.45) is 0 Å². The molecule has 15 heavy (non-hydrogen) atoms. The van der Waals surface area contributed by atoms with Crippen molar-refractivity contribution >= 4 is 5.69 Å². The van der Waals surface area contributed by atoms with Crippen LogP contribution < -0.4 is 5.73 Å². The zero-order valence-electron chi connectivity index (χ0n) is 9.45. The van der Waals surface area contributed by atoms with Gasteiger partial charge in [0, 0.05) is 12.2 Å². The lowest BCUT2D eigenvalue weighted by Gasteiger charge is -2.13. The van der Waals surface area contributed by atoms with E-state index in [0.29, 0.717) is 0 Å². The van der Waals surface area contributed by atoms with E-state index >= 15 is 0 Å². The van der Waals surface area contributed by atoms with Gasteiger partial charge in [-0.3, -0.25) is 0 Å². The van der Waals surface area contributed by atoms with Crippen LogP contribution in [0.5, 0.6) is 0 Å². The zero-order valence-corrected chi connectivity index (χ0v) is 9.45. The number of hydrogen-bond donors (Lipinski definition) is 1. The number of rotatable bonds is 6. The first-order valence-corrected chi connectivity index (χ1v) is 5.36. The van der Waals surface area contributed by atoms with Gasteiger partial charge in [-0.05, 0) is 44.1 Å². The van der Waals surface area contributed by atoms with Gasteiger partial charge in [0.1, 0.15) is 0 Å². The summed E-state index contributed by atoms with van der Waals surface area (Å²) in [6.07, 6.45) is 4.18. The van der Waals surface area contributed by atoms with E-state index in [0.717, 1.165) is 31.6 Å². The first-order chi connectivity index (χ1) is 7.22. The Labute approximate surface area is 92.4 Å². The fraction of sp³-hybridized carbons (Fsp3) is 0.385. The molecule has 0 heterocycles. The van der Waals surface area contributed by atoms with E-state index in [4.69, 9.17) is 5.73 Å². The van der Waals surface area contributed by atoms with Crippen LogP contribution in [0.1, 0.15) is 12.0 Å². The fourth-order valence-corrected chi connectivity index (χ4v) is 1.61. The maximum atomic E-state index is 5.71. The van der Waals surface area contributed by atoms with Gasteiger partial charge in [0.15, 0.2) is 0 Å². The Morgan fingerprint density at radius 3 is 2.93 bits per heavy atom. The summed E-state index contributed by atoms with van der Waals surface area (Å²) in [5.74, 6) is 0. The molecule has 0 unspecified atom stereocenters. The topological polar surface area (TPSA) is 29.3 Å². The molecule has 0 aromatic heterocycles. The minimum atomic E-state index is 0.854. The number of anilines is 1. The Kier molecular flexibility index (Phi) is 4.91. The standard InChI is InChI=1S/C13H20N2/c1-3-9-15(2)10-5-7-12-6-4-8-13(14)11-12/h3-4,6,8,11H,1,5,7,9-10,14H2,2H3. The van der Waals surface area contributed by atoms with E-state index in [2.05, 4.69) is 24.6 Å². The molecule has 0 bridgehead atoms. The van der Waals surface area contributed by atoms with Crippen LogP contribution in [0.25, 0.3) is 0 Å². The number of aryl methyl sites for hydroxylation is 1. The van der Waals surface area contributed by atoms with Gasteiger partial charge in [0.2, 0.25) is 0 Å². The molecular weight excluding hydrogens is 184 g/mol. The van der Waals surface area contributed by atoms with E-state index in [9.17, 15) is 0 Å². The summed E-state index contributed by atoms with van der Waals surface area (Å²) < 4.78 is 0. The van der Waals surface area contributed by atoms with E-state index in [1.54, 1.807) is 0 Å². The minimum Gasteiger partial charge on any atom is -0.399 e. The molecule has 0 spiro atoms.